The zero-order valence-corrected chi connectivity index (χ0v) is 10.2. The number of ether oxygens (including phenoxy) is 1. The van der Waals surface area contributed by atoms with Gasteiger partial charge in [-0.05, 0) is 25.0 Å². The predicted molar refractivity (Wildman–Crippen MR) is 66.9 cm³/mol. The fourth-order valence-corrected chi connectivity index (χ4v) is 1.95. The standard InChI is InChI=1S/C13H18N2O2/c1-9-4-3-5-10(2)11(9)15-12(16)13(6-14)7-17-8-13/h3-5H,6-8,14H2,1-2H3,(H,15,16). The van der Waals surface area contributed by atoms with Gasteiger partial charge in [0, 0.05) is 12.2 Å². The lowest BCUT2D eigenvalue weighted by atomic mass is 9.85. The Hall–Kier alpha value is -1.39. The van der Waals surface area contributed by atoms with Crippen LogP contribution in [0, 0.1) is 19.3 Å². The molecule has 3 N–H and O–H groups in total. The number of carbonyl (C=O) groups excluding carboxylic acids is 1. The molecular formula is C13H18N2O2. The fourth-order valence-electron chi connectivity index (χ4n) is 1.95. The Morgan fingerprint density at radius 2 is 2.00 bits per heavy atom. The van der Waals surface area contributed by atoms with Crippen molar-refractivity contribution in [1.29, 1.82) is 0 Å². The number of carbonyl (C=O) groups is 1. The zero-order valence-electron chi connectivity index (χ0n) is 10.2. The number of hydrogen-bond donors (Lipinski definition) is 2. The third kappa shape index (κ3) is 2.06. The maximum Gasteiger partial charge on any atom is 0.236 e. The van der Waals surface area contributed by atoms with Gasteiger partial charge in [0.05, 0.1) is 13.2 Å². The highest BCUT2D eigenvalue weighted by atomic mass is 16.5. The minimum atomic E-state index is -0.533. The van der Waals surface area contributed by atoms with Gasteiger partial charge in [-0.25, -0.2) is 0 Å². The summed E-state index contributed by atoms with van der Waals surface area (Å²) < 4.78 is 5.11. The Balaban J connectivity index is 2.18. The van der Waals surface area contributed by atoms with Crippen molar-refractivity contribution in [2.45, 2.75) is 13.8 Å². The van der Waals surface area contributed by atoms with E-state index in [9.17, 15) is 4.79 Å². The summed E-state index contributed by atoms with van der Waals surface area (Å²) in [5.74, 6) is -0.0383. The number of aryl methyl sites for hydroxylation is 2. The molecular weight excluding hydrogens is 216 g/mol. The van der Waals surface area contributed by atoms with E-state index in [4.69, 9.17) is 10.5 Å². The van der Waals surface area contributed by atoms with Crippen LogP contribution in [0.5, 0.6) is 0 Å². The molecule has 1 fully saturated rings. The number of benzene rings is 1. The zero-order chi connectivity index (χ0) is 12.5. The third-order valence-corrected chi connectivity index (χ3v) is 3.35. The maximum absolute atomic E-state index is 12.2. The van der Waals surface area contributed by atoms with Crippen molar-refractivity contribution in [1.82, 2.24) is 0 Å². The fraction of sp³-hybridized carbons (Fsp3) is 0.462. The molecule has 0 atom stereocenters. The molecule has 4 heteroatoms. The molecule has 0 unspecified atom stereocenters. The molecule has 1 aromatic carbocycles. The molecule has 0 radical (unpaired) electrons. The minimum absolute atomic E-state index is 0.0383. The van der Waals surface area contributed by atoms with Crippen LogP contribution in [0.15, 0.2) is 18.2 Å². The summed E-state index contributed by atoms with van der Waals surface area (Å²) in [5, 5.41) is 2.97. The van der Waals surface area contributed by atoms with E-state index >= 15 is 0 Å². The molecule has 1 aliphatic heterocycles. The van der Waals surface area contributed by atoms with Gasteiger partial charge in [0.1, 0.15) is 5.41 Å². The highest BCUT2D eigenvalue weighted by Crippen LogP contribution is 2.29. The molecule has 1 aliphatic rings. The first-order chi connectivity index (χ1) is 8.09. The van der Waals surface area contributed by atoms with Crippen LogP contribution in [0.3, 0.4) is 0 Å². The molecule has 1 aromatic rings. The number of anilines is 1. The van der Waals surface area contributed by atoms with Crippen LogP contribution in [0.1, 0.15) is 11.1 Å². The normalized spacial score (nSPS) is 17.4. The maximum atomic E-state index is 12.2. The first kappa shape index (κ1) is 12.1. The van der Waals surface area contributed by atoms with Gasteiger partial charge in [0.2, 0.25) is 5.91 Å². The second-order valence-corrected chi connectivity index (χ2v) is 4.70. The van der Waals surface area contributed by atoms with Gasteiger partial charge in [-0.1, -0.05) is 18.2 Å². The van der Waals surface area contributed by atoms with Crippen LogP contribution in [0.25, 0.3) is 0 Å². The van der Waals surface area contributed by atoms with Crippen LogP contribution in [0.4, 0.5) is 5.69 Å². The number of rotatable bonds is 3. The molecule has 17 heavy (non-hydrogen) atoms. The van der Waals surface area contributed by atoms with Gasteiger partial charge >= 0.3 is 0 Å². The van der Waals surface area contributed by atoms with Gasteiger partial charge in [0.25, 0.3) is 0 Å². The van der Waals surface area contributed by atoms with E-state index in [1.165, 1.54) is 0 Å². The van der Waals surface area contributed by atoms with Gasteiger partial charge in [0.15, 0.2) is 0 Å². The molecule has 2 rings (SSSR count). The summed E-state index contributed by atoms with van der Waals surface area (Å²) in [7, 11) is 0. The molecule has 92 valence electrons. The number of para-hydroxylation sites is 1. The first-order valence-electron chi connectivity index (χ1n) is 5.74. The van der Waals surface area contributed by atoms with Gasteiger partial charge in [-0.3, -0.25) is 4.79 Å². The summed E-state index contributed by atoms with van der Waals surface area (Å²) in [4.78, 5) is 12.2. The molecule has 1 amide bonds. The van der Waals surface area contributed by atoms with E-state index in [2.05, 4.69) is 5.32 Å². The monoisotopic (exact) mass is 234 g/mol. The Labute approximate surface area is 101 Å². The minimum Gasteiger partial charge on any atom is -0.379 e. The molecule has 0 bridgehead atoms. The SMILES string of the molecule is Cc1cccc(C)c1NC(=O)C1(CN)COC1. The average molecular weight is 234 g/mol. The predicted octanol–water partition coefficient (Wildman–Crippen LogP) is 1.22. The van der Waals surface area contributed by atoms with Crippen molar-refractivity contribution in [3.63, 3.8) is 0 Å². The summed E-state index contributed by atoms with van der Waals surface area (Å²) in [6.07, 6.45) is 0. The van der Waals surface area contributed by atoms with E-state index < -0.39 is 5.41 Å². The second kappa shape index (κ2) is 4.47. The lowest BCUT2D eigenvalue weighted by Gasteiger charge is -2.38. The molecule has 0 saturated carbocycles. The van der Waals surface area contributed by atoms with Crippen molar-refractivity contribution in [3.05, 3.63) is 29.3 Å². The third-order valence-electron chi connectivity index (χ3n) is 3.35. The molecule has 0 spiro atoms. The average Bonchev–Trinajstić information content (AvgIpc) is 2.23. The largest absolute Gasteiger partial charge is 0.379 e. The van der Waals surface area contributed by atoms with E-state index in [-0.39, 0.29) is 5.91 Å². The number of nitrogens with two attached hydrogens (primary N) is 1. The van der Waals surface area contributed by atoms with Crippen molar-refractivity contribution >= 4 is 11.6 Å². The van der Waals surface area contributed by atoms with Crippen molar-refractivity contribution < 1.29 is 9.53 Å². The van der Waals surface area contributed by atoms with E-state index in [0.29, 0.717) is 19.8 Å². The van der Waals surface area contributed by atoms with Crippen LogP contribution < -0.4 is 11.1 Å². The number of amides is 1. The highest BCUT2D eigenvalue weighted by Gasteiger charge is 2.44. The van der Waals surface area contributed by atoms with Gasteiger partial charge in [-0.2, -0.15) is 0 Å². The van der Waals surface area contributed by atoms with Gasteiger partial charge < -0.3 is 15.8 Å². The summed E-state index contributed by atoms with van der Waals surface area (Å²) in [6.45, 7) is 5.12. The van der Waals surface area contributed by atoms with Crippen LogP contribution in [-0.4, -0.2) is 25.7 Å². The highest BCUT2D eigenvalue weighted by molar-refractivity contribution is 5.97. The van der Waals surface area contributed by atoms with Gasteiger partial charge in [-0.15, -0.1) is 0 Å². The Morgan fingerprint density at radius 3 is 2.41 bits per heavy atom. The van der Waals surface area contributed by atoms with E-state index in [1.54, 1.807) is 0 Å². The number of nitrogens with one attached hydrogen (secondary N) is 1. The van der Waals surface area contributed by atoms with E-state index in [1.807, 2.05) is 32.0 Å². The molecule has 1 heterocycles. The van der Waals surface area contributed by atoms with Crippen LogP contribution >= 0.6 is 0 Å². The van der Waals surface area contributed by atoms with Crippen molar-refractivity contribution in [2.24, 2.45) is 11.1 Å². The smallest absolute Gasteiger partial charge is 0.236 e. The first-order valence-corrected chi connectivity index (χ1v) is 5.74. The molecule has 4 nitrogen and oxygen atoms in total. The lowest BCUT2D eigenvalue weighted by Crippen LogP contribution is -2.56. The van der Waals surface area contributed by atoms with Crippen molar-refractivity contribution in [3.8, 4) is 0 Å². The molecule has 1 saturated heterocycles. The second-order valence-electron chi connectivity index (χ2n) is 4.70. The molecule has 0 aliphatic carbocycles. The van der Waals surface area contributed by atoms with Crippen molar-refractivity contribution in [2.75, 3.05) is 25.1 Å². The lowest BCUT2D eigenvalue weighted by molar-refractivity contribution is -0.153. The Bertz CT molecular complexity index is 413. The number of hydrogen-bond acceptors (Lipinski definition) is 3. The van der Waals surface area contributed by atoms with Crippen LogP contribution in [0.2, 0.25) is 0 Å². The van der Waals surface area contributed by atoms with Crippen LogP contribution in [-0.2, 0) is 9.53 Å². The summed E-state index contributed by atoms with van der Waals surface area (Å²) in [6, 6.07) is 5.94. The topological polar surface area (TPSA) is 64.4 Å². The summed E-state index contributed by atoms with van der Waals surface area (Å²) in [5.41, 5.74) is 8.13. The Morgan fingerprint density at radius 1 is 1.41 bits per heavy atom. The molecule has 0 aromatic heterocycles. The summed E-state index contributed by atoms with van der Waals surface area (Å²) >= 11 is 0. The van der Waals surface area contributed by atoms with E-state index in [0.717, 1.165) is 16.8 Å². The quantitative estimate of drug-likeness (QED) is 0.826. The Kier molecular flexibility index (Phi) is 3.17.